The fourth-order valence-corrected chi connectivity index (χ4v) is 4.57. The van der Waals surface area contributed by atoms with Crippen LogP contribution in [0.1, 0.15) is 67.6 Å². The normalized spacial score (nSPS) is 17.7. The lowest BCUT2D eigenvalue weighted by atomic mass is 9.85. The molecular weight excluding hydrogens is 432 g/mol. The van der Waals surface area contributed by atoms with E-state index in [4.69, 9.17) is 23.7 Å². The molecule has 0 fully saturated rings. The molecule has 2 heterocycles. The summed E-state index contributed by atoms with van der Waals surface area (Å²) in [4.78, 5) is 13.5. The Labute approximate surface area is 201 Å². The van der Waals surface area contributed by atoms with Crippen molar-refractivity contribution in [2.24, 2.45) is 0 Å². The van der Waals surface area contributed by atoms with E-state index >= 15 is 0 Å². The zero-order valence-corrected chi connectivity index (χ0v) is 21.2. The zero-order chi connectivity index (χ0) is 24.7. The number of methoxy groups -OCH3 is 3. The van der Waals surface area contributed by atoms with Crippen LogP contribution in [-0.2, 0) is 12.8 Å². The first-order valence-electron chi connectivity index (χ1n) is 11.7. The fourth-order valence-electron chi connectivity index (χ4n) is 4.57. The topological polar surface area (TPSA) is 63.2 Å². The number of ketones is 1. The summed E-state index contributed by atoms with van der Waals surface area (Å²) < 4.78 is 29.1. The molecule has 6 nitrogen and oxygen atoms in total. The highest BCUT2D eigenvalue weighted by atomic mass is 16.5. The predicted molar refractivity (Wildman–Crippen MR) is 132 cm³/mol. The molecule has 0 amide bonds. The van der Waals surface area contributed by atoms with Crippen molar-refractivity contribution in [3.63, 3.8) is 0 Å². The molecule has 0 aromatic heterocycles. The Balaban J connectivity index is 1.77. The average molecular weight is 467 g/mol. The number of allylic oxidation sites excluding steroid dienone is 1. The molecule has 0 unspecified atom stereocenters. The lowest BCUT2D eigenvalue weighted by Crippen LogP contribution is -2.37. The van der Waals surface area contributed by atoms with E-state index in [0.29, 0.717) is 34.1 Å². The maximum atomic E-state index is 13.5. The van der Waals surface area contributed by atoms with Crippen molar-refractivity contribution in [2.45, 2.75) is 64.6 Å². The third-order valence-corrected chi connectivity index (χ3v) is 6.55. The fraction of sp³-hybridized carbons (Fsp3) is 0.464. The van der Waals surface area contributed by atoms with Gasteiger partial charge in [0.05, 0.1) is 32.5 Å². The molecule has 0 N–H and O–H groups in total. The molecule has 2 aliphatic heterocycles. The van der Waals surface area contributed by atoms with Crippen LogP contribution in [0.15, 0.2) is 24.3 Å². The van der Waals surface area contributed by atoms with Gasteiger partial charge in [-0.2, -0.15) is 0 Å². The van der Waals surface area contributed by atoms with Crippen molar-refractivity contribution in [1.82, 2.24) is 0 Å². The summed E-state index contributed by atoms with van der Waals surface area (Å²) in [6, 6.07) is 5.47. The molecule has 0 spiro atoms. The van der Waals surface area contributed by atoms with E-state index in [1.54, 1.807) is 45.6 Å². The van der Waals surface area contributed by atoms with Gasteiger partial charge in [-0.1, -0.05) is 0 Å². The highest BCUT2D eigenvalue weighted by Crippen LogP contribution is 2.47. The summed E-state index contributed by atoms with van der Waals surface area (Å²) in [5, 5.41) is 0. The molecule has 2 aromatic carbocycles. The molecule has 0 radical (unpaired) electrons. The molecule has 6 heteroatoms. The Morgan fingerprint density at radius 2 is 1.44 bits per heavy atom. The van der Waals surface area contributed by atoms with Gasteiger partial charge < -0.3 is 23.7 Å². The lowest BCUT2D eigenvalue weighted by molar-refractivity contribution is 0.0655. The Bertz CT molecular complexity index is 1120. The van der Waals surface area contributed by atoms with Gasteiger partial charge in [-0.05, 0) is 77.2 Å². The van der Waals surface area contributed by atoms with Crippen LogP contribution in [0.2, 0.25) is 0 Å². The van der Waals surface area contributed by atoms with Crippen molar-refractivity contribution in [3.05, 3.63) is 46.5 Å². The predicted octanol–water partition coefficient (Wildman–Crippen LogP) is 5.82. The second-order valence-corrected chi connectivity index (χ2v) is 10.1. The monoisotopic (exact) mass is 466 g/mol. The first kappa shape index (κ1) is 24.0. The van der Waals surface area contributed by atoms with Gasteiger partial charge in [-0.3, -0.25) is 4.79 Å². The van der Waals surface area contributed by atoms with E-state index in [2.05, 4.69) is 27.7 Å². The van der Waals surface area contributed by atoms with Crippen LogP contribution in [0.3, 0.4) is 0 Å². The molecule has 2 aliphatic rings. The van der Waals surface area contributed by atoms with Gasteiger partial charge >= 0.3 is 0 Å². The van der Waals surface area contributed by atoms with E-state index < -0.39 is 0 Å². The molecule has 0 saturated heterocycles. The first-order valence-corrected chi connectivity index (χ1v) is 11.7. The van der Waals surface area contributed by atoms with Gasteiger partial charge in [0.25, 0.3) is 0 Å². The summed E-state index contributed by atoms with van der Waals surface area (Å²) in [6.45, 7) is 8.31. The Hall–Kier alpha value is -3.15. The zero-order valence-electron chi connectivity index (χ0n) is 21.2. The van der Waals surface area contributed by atoms with Crippen molar-refractivity contribution in [1.29, 1.82) is 0 Å². The van der Waals surface area contributed by atoms with Crippen LogP contribution in [0, 0.1) is 0 Å². The maximum absolute atomic E-state index is 13.5. The second-order valence-electron chi connectivity index (χ2n) is 10.1. The molecule has 4 rings (SSSR count). The average Bonchev–Trinajstić information content (AvgIpc) is 2.80. The molecule has 182 valence electrons. The minimum absolute atomic E-state index is 0.137. The van der Waals surface area contributed by atoms with Gasteiger partial charge in [0.1, 0.15) is 39.9 Å². The molecular formula is C28H34O6. The van der Waals surface area contributed by atoms with E-state index in [1.807, 2.05) is 6.07 Å². The standard InChI is InChI=1S/C28H34O6/c1-27(2)12-10-17-14-21(26-20(25(17)33-27)11-13-28(3,4)34-26)22(29)9-8-19-23(31-6)15-18(30-5)16-24(19)32-7/h8-9,14-16H,10-13H2,1-7H3/b9-8+. The van der Waals surface area contributed by atoms with Crippen LogP contribution < -0.4 is 23.7 Å². The number of benzene rings is 2. The lowest BCUT2D eigenvalue weighted by Gasteiger charge is -2.39. The van der Waals surface area contributed by atoms with Crippen molar-refractivity contribution >= 4 is 11.9 Å². The number of rotatable bonds is 6. The summed E-state index contributed by atoms with van der Waals surface area (Å²) in [7, 11) is 4.73. The van der Waals surface area contributed by atoms with Gasteiger partial charge in [0.15, 0.2) is 5.78 Å². The number of carbonyl (C=O) groups is 1. The molecule has 0 aliphatic carbocycles. The van der Waals surface area contributed by atoms with Crippen molar-refractivity contribution in [3.8, 4) is 28.7 Å². The molecule has 34 heavy (non-hydrogen) atoms. The third-order valence-electron chi connectivity index (χ3n) is 6.55. The molecule has 2 aromatic rings. The summed E-state index contributed by atoms with van der Waals surface area (Å²) in [5.41, 5.74) is 2.70. The van der Waals surface area contributed by atoms with E-state index in [-0.39, 0.29) is 17.0 Å². The Morgan fingerprint density at radius 1 is 0.853 bits per heavy atom. The van der Waals surface area contributed by atoms with Gasteiger partial charge in [-0.15, -0.1) is 0 Å². The number of ether oxygens (including phenoxy) is 5. The van der Waals surface area contributed by atoms with Crippen LogP contribution in [0.5, 0.6) is 28.7 Å². The van der Waals surface area contributed by atoms with E-state index in [9.17, 15) is 4.79 Å². The van der Waals surface area contributed by atoms with Gasteiger partial charge in [0.2, 0.25) is 0 Å². The minimum Gasteiger partial charge on any atom is -0.496 e. The Kier molecular flexibility index (Phi) is 6.28. The molecule has 0 saturated carbocycles. The summed E-state index contributed by atoms with van der Waals surface area (Å²) in [6.07, 6.45) is 6.71. The SMILES string of the molecule is COc1cc(OC)c(/C=C/C(=O)c2cc3c(c4c2OC(C)(C)CC4)OC(C)(C)CC3)c(OC)c1. The number of hydrogen-bond donors (Lipinski definition) is 0. The summed E-state index contributed by atoms with van der Waals surface area (Å²) >= 11 is 0. The number of aryl methyl sites for hydroxylation is 1. The van der Waals surface area contributed by atoms with Crippen LogP contribution in [0.25, 0.3) is 6.08 Å². The molecule has 0 atom stereocenters. The Morgan fingerprint density at radius 3 is 2.03 bits per heavy atom. The van der Waals surface area contributed by atoms with Crippen molar-refractivity contribution < 1.29 is 28.5 Å². The highest BCUT2D eigenvalue weighted by molar-refractivity contribution is 6.09. The van der Waals surface area contributed by atoms with Crippen LogP contribution in [0.4, 0.5) is 0 Å². The molecule has 0 bridgehead atoms. The van der Waals surface area contributed by atoms with Crippen molar-refractivity contribution in [2.75, 3.05) is 21.3 Å². The quantitative estimate of drug-likeness (QED) is 0.395. The third kappa shape index (κ3) is 4.59. The van der Waals surface area contributed by atoms with E-state index in [0.717, 1.165) is 42.6 Å². The number of hydrogen-bond acceptors (Lipinski definition) is 6. The van der Waals surface area contributed by atoms with Crippen LogP contribution in [-0.4, -0.2) is 38.3 Å². The maximum Gasteiger partial charge on any atom is 0.189 e. The minimum atomic E-state index is -0.355. The number of carbonyl (C=O) groups excluding carboxylic acids is 1. The van der Waals surface area contributed by atoms with Crippen LogP contribution >= 0.6 is 0 Å². The smallest absolute Gasteiger partial charge is 0.189 e. The van der Waals surface area contributed by atoms with Gasteiger partial charge in [0, 0.05) is 17.7 Å². The first-order chi connectivity index (χ1) is 16.1. The largest absolute Gasteiger partial charge is 0.496 e. The van der Waals surface area contributed by atoms with E-state index in [1.165, 1.54) is 0 Å². The highest BCUT2D eigenvalue weighted by Gasteiger charge is 2.37. The second kappa shape index (κ2) is 8.90. The van der Waals surface area contributed by atoms with Gasteiger partial charge in [-0.25, -0.2) is 0 Å². The summed E-state index contributed by atoms with van der Waals surface area (Å²) in [5.74, 6) is 3.11. The number of fused-ring (bicyclic) bond motifs is 3.